The molecule has 0 unspecified atom stereocenters. The van der Waals surface area contributed by atoms with E-state index in [4.69, 9.17) is 0 Å². The molecule has 1 aliphatic rings. The predicted molar refractivity (Wildman–Crippen MR) is 79.7 cm³/mol. The molecule has 0 saturated carbocycles. The Labute approximate surface area is 123 Å². The molecule has 1 fully saturated rings. The van der Waals surface area contributed by atoms with Crippen LogP contribution in [0.25, 0.3) is 0 Å². The molecule has 1 aromatic carbocycles. The number of anilines is 1. The first-order chi connectivity index (χ1) is 8.49. The maximum Gasteiger partial charge on any atom is 0.222 e. The van der Waals surface area contributed by atoms with Gasteiger partial charge in [0.1, 0.15) is 6.17 Å². The van der Waals surface area contributed by atoms with E-state index in [2.05, 4.69) is 42.5 Å². The highest BCUT2D eigenvalue weighted by Crippen LogP contribution is 2.35. The van der Waals surface area contributed by atoms with Gasteiger partial charge in [0.15, 0.2) is 0 Å². The van der Waals surface area contributed by atoms with E-state index >= 15 is 0 Å². The number of hydrogen-bond donors (Lipinski definition) is 2. The summed E-state index contributed by atoms with van der Waals surface area (Å²) in [6.07, 6.45) is 0.421. The molecule has 1 aromatic rings. The summed E-state index contributed by atoms with van der Waals surface area (Å²) < 4.78 is 2.00. The number of carbonyl (C=O) groups is 1. The van der Waals surface area contributed by atoms with Gasteiger partial charge in [0, 0.05) is 36.0 Å². The zero-order chi connectivity index (χ0) is 13.3. The van der Waals surface area contributed by atoms with Crippen molar-refractivity contribution in [1.29, 1.82) is 0 Å². The maximum atomic E-state index is 11.4. The summed E-state index contributed by atoms with van der Waals surface area (Å²) in [6, 6.07) is 4.06. The molecule has 1 atom stereocenters. The second kappa shape index (κ2) is 5.59. The molecule has 0 spiro atoms. The Kier molecular flexibility index (Phi) is 4.29. The number of benzene rings is 1. The number of nitrogens with zero attached hydrogens (tertiary/aromatic N) is 1. The summed E-state index contributed by atoms with van der Waals surface area (Å²) in [5, 5.41) is 6.21. The second-order valence-electron chi connectivity index (χ2n) is 4.43. The summed E-state index contributed by atoms with van der Waals surface area (Å²) in [4.78, 5) is 13.4. The lowest BCUT2D eigenvalue weighted by Gasteiger charge is -2.26. The normalized spacial score (nSPS) is 19.6. The average molecular weight is 377 g/mol. The Morgan fingerprint density at radius 1 is 1.28 bits per heavy atom. The highest BCUT2D eigenvalue weighted by Gasteiger charge is 2.21. The van der Waals surface area contributed by atoms with E-state index in [1.54, 1.807) is 0 Å². The average Bonchev–Trinajstić information content (AvgIpc) is 2.27. The van der Waals surface area contributed by atoms with Crippen LogP contribution in [0.1, 0.15) is 18.2 Å². The Hall–Kier alpha value is -0.590. The number of hydrogen-bond acceptors (Lipinski definition) is 3. The van der Waals surface area contributed by atoms with E-state index in [-0.39, 0.29) is 12.1 Å². The van der Waals surface area contributed by atoms with Crippen LogP contribution in [-0.2, 0) is 4.79 Å². The summed E-state index contributed by atoms with van der Waals surface area (Å²) in [6.45, 7) is 0.709. The highest BCUT2D eigenvalue weighted by molar-refractivity contribution is 9.11. The van der Waals surface area contributed by atoms with Gasteiger partial charge in [0.2, 0.25) is 5.91 Å². The van der Waals surface area contributed by atoms with Crippen LogP contribution in [0.3, 0.4) is 0 Å². The van der Waals surface area contributed by atoms with E-state index in [1.807, 2.05) is 31.1 Å². The minimum atomic E-state index is -0.116. The van der Waals surface area contributed by atoms with Crippen LogP contribution < -0.4 is 15.5 Å². The van der Waals surface area contributed by atoms with Crippen LogP contribution in [0.5, 0.6) is 0 Å². The molecule has 2 N–H and O–H groups in total. The third-order valence-electron chi connectivity index (χ3n) is 2.83. The number of amides is 1. The van der Waals surface area contributed by atoms with Crippen molar-refractivity contribution in [2.24, 2.45) is 0 Å². The Morgan fingerprint density at radius 2 is 1.89 bits per heavy atom. The van der Waals surface area contributed by atoms with Crippen molar-refractivity contribution in [3.05, 3.63) is 26.6 Å². The zero-order valence-electron chi connectivity index (χ0n) is 10.3. The van der Waals surface area contributed by atoms with Gasteiger partial charge in [-0.1, -0.05) is 0 Å². The molecule has 1 aliphatic heterocycles. The monoisotopic (exact) mass is 375 g/mol. The van der Waals surface area contributed by atoms with Crippen molar-refractivity contribution in [2.45, 2.75) is 12.6 Å². The van der Waals surface area contributed by atoms with Gasteiger partial charge in [-0.2, -0.15) is 0 Å². The Balaban J connectivity index is 2.32. The Bertz CT molecular complexity index is 453. The van der Waals surface area contributed by atoms with Gasteiger partial charge in [-0.05, 0) is 49.6 Å². The quantitative estimate of drug-likeness (QED) is 0.832. The van der Waals surface area contributed by atoms with Crippen LogP contribution in [-0.4, -0.2) is 26.5 Å². The Morgan fingerprint density at radius 3 is 2.39 bits per heavy atom. The molecule has 0 aliphatic carbocycles. The minimum absolute atomic E-state index is 0.0858. The SMILES string of the molecule is CN(C)c1c(Br)cc([C@@H]2NCCC(=O)N2)cc1Br. The van der Waals surface area contributed by atoms with Crippen LogP contribution in [0.4, 0.5) is 5.69 Å². The third-order valence-corrected chi connectivity index (χ3v) is 4.03. The molecule has 0 aromatic heterocycles. The van der Waals surface area contributed by atoms with E-state index in [0.717, 1.165) is 20.2 Å². The molecule has 6 heteroatoms. The van der Waals surface area contributed by atoms with Crippen LogP contribution in [0.15, 0.2) is 21.1 Å². The maximum absolute atomic E-state index is 11.4. The third kappa shape index (κ3) is 2.87. The predicted octanol–water partition coefficient (Wildman–Crippen LogP) is 2.39. The number of carbonyl (C=O) groups excluding carboxylic acids is 1. The molecule has 2 rings (SSSR count). The molecule has 98 valence electrons. The number of rotatable bonds is 2. The fraction of sp³-hybridized carbons (Fsp3) is 0.417. The lowest BCUT2D eigenvalue weighted by atomic mass is 10.1. The fourth-order valence-electron chi connectivity index (χ4n) is 1.99. The van der Waals surface area contributed by atoms with E-state index in [9.17, 15) is 4.79 Å². The smallest absolute Gasteiger partial charge is 0.222 e. The van der Waals surface area contributed by atoms with Gasteiger partial charge in [0.05, 0.1) is 5.69 Å². The van der Waals surface area contributed by atoms with Gasteiger partial charge in [0.25, 0.3) is 0 Å². The first-order valence-electron chi connectivity index (χ1n) is 5.68. The topological polar surface area (TPSA) is 44.4 Å². The molecular weight excluding hydrogens is 362 g/mol. The van der Waals surface area contributed by atoms with E-state index < -0.39 is 0 Å². The summed E-state index contributed by atoms with van der Waals surface area (Å²) in [5.41, 5.74) is 2.12. The molecule has 0 bridgehead atoms. The van der Waals surface area contributed by atoms with Crippen molar-refractivity contribution in [1.82, 2.24) is 10.6 Å². The van der Waals surface area contributed by atoms with Crippen molar-refractivity contribution >= 4 is 43.5 Å². The molecule has 18 heavy (non-hydrogen) atoms. The highest BCUT2D eigenvalue weighted by atomic mass is 79.9. The van der Waals surface area contributed by atoms with Gasteiger partial charge < -0.3 is 10.2 Å². The molecule has 1 amide bonds. The molecule has 4 nitrogen and oxygen atoms in total. The van der Waals surface area contributed by atoms with Gasteiger partial charge in [-0.25, -0.2) is 0 Å². The van der Waals surface area contributed by atoms with Crippen molar-refractivity contribution in [3.8, 4) is 0 Å². The standard InChI is InChI=1S/C12H15Br2N3O/c1-17(2)11-8(13)5-7(6-9(11)14)12-15-4-3-10(18)16-12/h5-6,12,15H,3-4H2,1-2H3,(H,16,18)/t12-/m1/s1. The first kappa shape index (κ1) is 13.8. The van der Waals surface area contributed by atoms with E-state index in [1.165, 1.54) is 0 Å². The lowest BCUT2D eigenvalue weighted by Crippen LogP contribution is -2.44. The largest absolute Gasteiger partial charge is 0.376 e. The second-order valence-corrected chi connectivity index (χ2v) is 6.14. The lowest BCUT2D eigenvalue weighted by molar-refractivity contribution is -0.123. The summed E-state index contributed by atoms with van der Waals surface area (Å²) in [5.74, 6) is 0.0858. The number of nitrogens with one attached hydrogen (secondary N) is 2. The molecule has 1 heterocycles. The summed E-state index contributed by atoms with van der Waals surface area (Å²) in [7, 11) is 3.98. The molecule has 0 radical (unpaired) electrons. The van der Waals surface area contributed by atoms with Crippen molar-refractivity contribution in [2.75, 3.05) is 25.5 Å². The van der Waals surface area contributed by atoms with Crippen LogP contribution in [0, 0.1) is 0 Å². The van der Waals surface area contributed by atoms with Gasteiger partial charge in [-0.3, -0.25) is 10.1 Å². The van der Waals surface area contributed by atoms with Crippen molar-refractivity contribution in [3.63, 3.8) is 0 Å². The van der Waals surface area contributed by atoms with Gasteiger partial charge >= 0.3 is 0 Å². The van der Waals surface area contributed by atoms with Crippen LogP contribution in [0.2, 0.25) is 0 Å². The van der Waals surface area contributed by atoms with Crippen molar-refractivity contribution < 1.29 is 4.79 Å². The molecule has 1 saturated heterocycles. The number of halogens is 2. The molecular formula is C12H15Br2N3O. The van der Waals surface area contributed by atoms with Gasteiger partial charge in [-0.15, -0.1) is 0 Å². The van der Waals surface area contributed by atoms with E-state index in [0.29, 0.717) is 13.0 Å². The first-order valence-corrected chi connectivity index (χ1v) is 7.26. The summed E-state index contributed by atoms with van der Waals surface area (Å²) >= 11 is 7.14. The van der Waals surface area contributed by atoms with Crippen LogP contribution >= 0.6 is 31.9 Å². The minimum Gasteiger partial charge on any atom is -0.376 e. The fourth-order valence-corrected chi connectivity index (χ4v) is 3.93. The zero-order valence-corrected chi connectivity index (χ0v) is 13.4.